The predicted molar refractivity (Wildman–Crippen MR) is 81.6 cm³/mol. The first-order valence-electron chi connectivity index (χ1n) is 7.10. The fourth-order valence-corrected chi connectivity index (χ4v) is 3.27. The molecular formula is C14H21N3O3S. The molecule has 1 aliphatic rings. The van der Waals surface area contributed by atoms with Gasteiger partial charge in [0.15, 0.2) is 5.16 Å². The van der Waals surface area contributed by atoms with Gasteiger partial charge in [0.05, 0.1) is 18.5 Å². The summed E-state index contributed by atoms with van der Waals surface area (Å²) in [6, 6.07) is 1.49. The van der Waals surface area contributed by atoms with Crippen LogP contribution in [0.5, 0.6) is 0 Å². The summed E-state index contributed by atoms with van der Waals surface area (Å²) in [6.07, 6.45) is 0.699. The highest BCUT2D eigenvalue weighted by molar-refractivity contribution is 8.00. The summed E-state index contributed by atoms with van der Waals surface area (Å²) >= 11 is 1.37. The minimum Gasteiger partial charge on any atom is -0.378 e. The normalized spacial score (nSPS) is 16.8. The molecule has 116 valence electrons. The molecule has 1 aromatic heterocycles. The lowest BCUT2D eigenvalue weighted by molar-refractivity contribution is -0.134. The van der Waals surface area contributed by atoms with Crippen molar-refractivity contribution in [3.05, 3.63) is 22.1 Å². The van der Waals surface area contributed by atoms with Gasteiger partial charge in [0.1, 0.15) is 0 Å². The molecular weight excluding hydrogens is 290 g/mol. The van der Waals surface area contributed by atoms with Crippen LogP contribution in [0.4, 0.5) is 0 Å². The molecule has 21 heavy (non-hydrogen) atoms. The number of carbonyl (C=O) groups excluding carboxylic acids is 1. The highest BCUT2D eigenvalue weighted by Crippen LogP contribution is 2.24. The van der Waals surface area contributed by atoms with Crippen molar-refractivity contribution in [2.24, 2.45) is 7.05 Å². The molecule has 0 saturated carbocycles. The van der Waals surface area contributed by atoms with Gasteiger partial charge in [-0.1, -0.05) is 18.7 Å². The number of hydrogen-bond donors (Lipinski definition) is 0. The first-order chi connectivity index (χ1) is 10.0. The molecule has 2 heterocycles. The van der Waals surface area contributed by atoms with E-state index < -0.39 is 0 Å². The number of amides is 1. The van der Waals surface area contributed by atoms with Gasteiger partial charge in [0.2, 0.25) is 5.91 Å². The number of morpholine rings is 1. The third-order valence-corrected chi connectivity index (χ3v) is 4.83. The molecule has 1 aliphatic heterocycles. The molecule has 0 N–H and O–H groups in total. The topological polar surface area (TPSA) is 64.4 Å². The van der Waals surface area contributed by atoms with Crippen molar-refractivity contribution in [2.45, 2.75) is 30.7 Å². The minimum absolute atomic E-state index is 0.0984. The molecule has 7 heteroatoms. The maximum atomic E-state index is 12.5. The van der Waals surface area contributed by atoms with Crippen LogP contribution in [-0.2, 0) is 16.6 Å². The summed E-state index contributed by atoms with van der Waals surface area (Å²) in [5, 5.41) is 0.372. The van der Waals surface area contributed by atoms with E-state index in [0.29, 0.717) is 43.6 Å². The third-order valence-electron chi connectivity index (χ3n) is 3.44. The molecule has 0 radical (unpaired) electrons. The molecule has 1 unspecified atom stereocenters. The summed E-state index contributed by atoms with van der Waals surface area (Å²) < 4.78 is 6.77. The number of aryl methyl sites for hydroxylation is 1. The Kier molecular flexibility index (Phi) is 5.41. The Morgan fingerprint density at radius 1 is 1.48 bits per heavy atom. The van der Waals surface area contributed by atoms with Crippen molar-refractivity contribution in [2.75, 3.05) is 26.3 Å². The van der Waals surface area contributed by atoms with Gasteiger partial charge in [-0.05, 0) is 13.3 Å². The molecule has 2 rings (SSSR count). The smallest absolute Gasteiger partial charge is 0.254 e. The number of nitrogens with zero attached hydrogens (tertiary/aromatic N) is 3. The zero-order chi connectivity index (χ0) is 15.4. The van der Waals surface area contributed by atoms with E-state index in [1.165, 1.54) is 22.4 Å². The van der Waals surface area contributed by atoms with Crippen LogP contribution < -0.4 is 5.56 Å². The Morgan fingerprint density at radius 3 is 2.76 bits per heavy atom. The van der Waals surface area contributed by atoms with Gasteiger partial charge in [-0.2, -0.15) is 0 Å². The van der Waals surface area contributed by atoms with E-state index in [9.17, 15) is 9.59 Å². The summed E-state index contributed by atoms with van der Waals surface area (Å²) in [5.74, 6) is 0.0987. The average molecular weight is 311 g/mol. The lowest BCUT2D eigenvalue weighted by Crippen LogP contribution is -2.44. The van der Waals surface area contributed by atoms with Crippen LogP contribution in [0.3, 0.4) is 0 Å². The van der Waals surface area contributed by atoms with E-state index >= 15 is 0 Å². The van der Waals surface area contributed by atoms with Gasteiger partial charge in [0.25, 0.3) is 5.56 Å². The second kappa shape index (κ2) is 7.09. The van der Waals surface area contributed by atoms with Gasteiger partial charge in [-0.3, -0.25) is 14.2 Å². The van der Waals surface area contributed by atoms with Crippen molar-refractivity contribution in [1.82, 2.24) is 14.5 Å². The van der Waals surface area contributed by atoms with E-state index in [4.69, 9.17) is 4.74 Å². The van der Waals surface area contributed by atoms with Crippen LogP contribution >= 0.6 is 11.8 Å². The van der Waals surface area contributed by atoms with E-state index in [-0.39, 0.29) is 16.7 Å². The van der Waals surface area contributed by atoms with Gasteiger partial charge in [-0.25, -0.2) is 4.98 Å². The van der Waals surface area contributed by atoms with Crippen LogP contribution in [0.2, 0.25) is 0 Å². The van der Waals surface area contributed by atoms with Crippen molar-refractivity contribution in [3.63, 3.8) is 0 Å². The molecule has 0 aromatic carbocycles. The highest BCUT2D eigenvalue weighted by Gasteiger charge is 2.26. The fourth-order valence-electron chi connectivity index (χ4n) is 2.16. The van der Waals surface area contributed by atoms with Crippen molar-refractivity contribution in [3.8, 4) is 0 Å². The van der Waals surface area contributed by atoms with Crippen LogP contribution in [0.1, 0.15) is 19.0 Å². The second-order valence-corrected chi connectivity index (χ2v) is 6.20. The number of carbonyl (C=O) groups is 1. The number of aromatic nitrogens is 2. The zero-order valence-corrected chi connectivity index (χ0v) is 13.5. The molecule has 6 nitrogen and oxygen atoms in total. The second-order valence-electron chi connectivity index (χ2n) is 5.03. The van der Waals surface area contributed by atoms with E-state index in [1.807, 2.05) is 11.8 Å². The Labute approximate surface area is 128 Å². The average Bonchev–Trinajstić information content (AvgIpc) is 2.49. The molecule has 1 amide bonds. The molecule has 1 saturated heterocycles. The molecule has 0 spiro atoms. The molecule has 1 atom stereocenters. The van der Waals surface area contributed by atoms with Crippen LogP contribution in [0.25, 0.3) is 0 Å². The first-order valence-corrected chi connectivity index (χ1v) is 7.98. The summed E-state index contributed by atoms with van der Waals surface area (Å²) in [6.45, 7) is 6.22. The number of rotatable bonds is 4. The van der Waals surface area contributed by atoms with Crippen LogP contribution in [0.15, 0.2) is 16.0 Å². The van der Waals surface area contributed by atoms with E-state index in [0.717, 1.165) is 0 Å². The molecule has 0 bridgehead atoms. The maximum Gasteiger partial charge on any atom is 0.254 e. The van der Waals surface area contributed by atoms with Gasteiger partial charge < -0.3 is 9.64 Å². The Balaban J connectivity index is 2.15. The van der Waals surface area contributed by atoms with Crippen molar-refractivity contribution >= 4 is 17.7 Å². The lowest BCUT2D eigenvalue weighted by Gasteiger charge is -2.29. The van der Waals surface area contributed by atoms with Crippen molar-refractivity contribution in [1.29, 1.82) is 0 Å². The van der Waals surface area contributed by atoms with Gasteiger partial charge >= 0.3 is 0 Å². The third kappa shape index (κ3) is 3.85. The SMILES string of the molecule is CCC(Sc1nc(C)cc(=O)n1C)C(=O)N1CCOCC1. The zero-order valence-electron chi connectivity index (χ0n) is 12.7. The summed E-state index contributed by atoms with van der Waals surface area (Å²) in [7, 11) is 1.68. The van der Waals surface area contributed by atoms with E-state index in [2.05, 4.69) is 4.98 Å². The van der Waals surface area contributed by atoms with E-state index in [1.54, 1.807) is 14.0 Å². The minimum atomic E-state index is -0.219. The number of ether oxygens (including phenoxy) is 1. The standard InChI is InChI=1S/C14H21N3O3S/c1-4-11(13(19)17-5-7-20-8-6-17)21-14-15-10(2)9-12(18)16(14)3/h9,11H,4-8H2,1-3H3. The summed E-state index contributed by atoms with van der Waals surface area (Å²) in [5.41, 5.74) is 0.577. The van der Waals surface area contributed by atoms with Gasteiger partial charge in [0, 0.05) is 31.9 Å². The largest absolute Gasteiger partial charge is 0.378 e. The Morgan fingerprint density at radius 2 is 2.14 bits per heavy atom. The highest BCUT2D eigenvalue weighted by atomic mass is 32.2. The number of thioether (sulfide) groups is 1. The quantitative estimate of drug-likeness (QED) is 0.608. The first kappa shape index (κ1) is 16.0. The lowest BCUT2D eigenvalue weighted by atomic mass is 10.2. The number of hydrogen-bond acceptors (Lipinski definition) is 5. The van der Waals surface area contributed by atoms with Crippen LogP contribution in [0, 0.1) is 6.92 Å². The molecule has 1 aromatic rings. The summed E-state index contributed by atoms with van der Waals surface area (Å²) in [4.78, 5) is 30.6. The molecule has 1 fully saturated rings. The Hall–Kier alpha value is -1.34. The maximum absolute atomic E-state index is 12.5. The predicted octanol–water partition coefficient (Wildman–Crippen LogP) is 0.818. The molecule has 0 aliphatic carbocycles. The Bertz CT molecular complexity index is 567. The van der Waals surface area contributed by atoms with Crippen molar-refractivity contribution < 1.29 is 9.53 Å². The van der Waals surface area contributed by atoms with Gasteiger partial charge in [-0.15, -0.1) is 0 Å². The van der Waals surface area contributed by atoms with Crippen LogP contribution in [-0.4, -0.2) is 51.9 Å². The fraction of sp³-hybridized carbons (Fsp3) is 0.643. The monoisotopic (exact) mass is 311 g/mol.